The molecule has 1 aliphatic rings. The minimum absolute atomic E-state index is 0.520. The highest BCUT2D eigenvalue weighted by Crippen LogP contribution is 2.30. The van der Waals surface area contributed by atoms with Gasteiger partial charge >= 0.3 is 0 Å². The largest absolute Gasteiger partial charge is 0.374 e. The van der Waals surface area contributed by atoms with Gasteiger partial charge in [-0.05, 0) is 16.3 Å². The van der Waals surface area contributed by atoms with Crippen LogP contribution in [0.5, 0.6) is 0 Å². The van der Waals surface area contributed by atoms with Gasteiger partial charge in [-0.1, -0.05) is 36.4 Å². The maximum absolute atomic E-state index is 9.76. The maximum atomic E-state index is 9.76. The second-order valence-corrected chi connectivity index (χ2v) is 3.65. The van der Waals surface area contributed by atoms with Gasteiger partial charge in [0.2, 0.25) is 0 Å². The Morgan fingerprint density at radius 3 is 2.79 bits per heavy atom. The molecule has 0 spiro atoms. The second kappa shape index (κ2) is 2.80. The van der Waals surface area contributed by atoms with E-state index in [1.807, 2.05) is 12.1 Å². The van der Waals surface area contributed by atoms with Gasteiger partial charge in [-0.25, -0.2) is 0 Å². The van der Waals surface area contributed by atoms with Crippen molar-refractivity contribution in [3.8, 4) is 0 Å². The Bertz CT molecular complexity index is 487. The molecule has 3 rings (SSSR count). The van der Waals surface area contributed by atoms with Crippen LogP contribution in [-0.2, 0) is 6.54 Å². The lowest BCUT2D eigenvalue weighted by molar-refractivity contribution is 0.135. The van der Waals surface area contributed by atoms with Crippen LogP contribution in [0.25, 0.3) is 10.8 Å². The van der Waals surface area contributed by atoms with Crippen molar-refractivity contribution in [1.82, 2.24) is 5.32 Å². The molecular formula is C12H11NO. The minimum atomic E-state index is -0.520. The number of aliphatic hydroxyl groups is 1. The van der Waals surface area contributed by atoms with Crippen LogP contribution in [0.15, 0.2) is 36.4 Å². The average Bonchev–Trinajstić information content (AvgIpc) is 2.24. The SMILES string of the molecule is OC1NCc2cccc3cccc1c23. The van der Waals surface area contributed by atoms with Crippen LogP contribution in [0.4, 0.5) is 0 Å². The van der Waals surface area contributed by atoms with Gasteiger partial charge in [0.15, 0.2) is 0 Å². The van der Waals surface area contributed by atoms with Crippen molar-refractivity contribution in [2.24, 2.45) is 0 Å². The van der Waals surface area contributed by atoms with E-state index in [4.69, 9.17) is 0 Å². The van der Waals surface area contributed by atoms with Crippen molar-refractivity contribution in [2.75, 3.05) is 0 Å². The summed E-state index contributed by atoms with van der Waals surface area (Å²) >= 11 is 0. The van der Waals surface area contributed by atoms with Gasteiger partial charge in [0.05, 0.1) is 0 Å². The molecule has 2 heteroatoms. The topological polar surface area (TPSA) is 32.3 Å². The highest BCUT2D eigenvalue weighted by molar-refractivity contribution is 5.89. The van der Waals surface area contributed by atoms with Crippen molar-refractivity contribution in [1.29, 1.82) is 0 Å². The first-order valence-corrected chi connectivity index (χ1v) is 4.78. The standard InChI is InChI=1S/C12H11NO/c14-12-10-6-2-4-8-3-1-5-9(7-13-12)11(8)10/h1-6,12-14H,7H2. The summed E-state index contributed by atoms with van der Waals surface area (Å²) in [4.78, 5) is 0. The van der Waals surface area contributed by atoms with E-state index in [-0.39, 0.29) is 0 Å². The molecule has 0 amide bonds. The Morgan fingerprint density at radius 2 is 1.93 bits per heavy atom. The predicted molar refractivity (Wildman–Crippen MR) is 55.7 cm³/mol. The maximum Gasteiger partial charge on any atom is 0.131 e. The molecule has 70 valence electrons. The van der Waals surface area contributed by atoms with Crippen LogP contribution >= 0.6 is 0 Å². The van der Waals surface area contributed by atoms with Gasteiger partial charge in [0, 0.05) is 12.1 Å². The molecule has 0 aromatic heterocycles. The molecule has 1 heterocycles. The molecule has 0 radical (unpaired) electrons. The number of benzene rings is 2. The lowest BCUT2D eigenvalue weighted by Gasteiger charge is -2.23. The third-order valence-corrected chi connectivity index (χ3v) is 2.80. The molecule has 1 unspecified atom stereocenters. The summed E-state index contributed by atoms with van der Waals surface area (Å²) in [7, 11) is 0. The summed E-state index contributed by atoms with van der Waals surface area (Å²) in [6, 6.07) is 12.3. The van der Waals surface area contributed by atoms with Gasteiger partial charge in [0.1, 0.15) is 6.23 Å². The van der Waals surface area contributed by atoms with Crippen LogP contribution in [0.2, 0.25) is 0 Å². The summed E-state index contributed by atoms with van der Waals surface area (Å²) in [5.74, 6) is 0. The van der Waals surface area contributed by atoms with E-state index in [1.54, 1.807) is 0 Å². The molecule has 2 aromatic carbocycles. The molecule has 1 aliphatic heterocycles. The molecule has 1 atom stereocenters. The fourth-order valence-electron chi connectivity index (χ4n) is 2.14. The first-order chi connectivity index (χ1) is 6.86. The highest BCUT2D eigenvalue weighted by atomic mass is 16.3. The lowest BCUT2D eigenvalue weighted by Crippen LogP contribution is -2.24. The number of hydrogen-bond donors (Lipinski definition) is 2. The Morgan fingerprint density at radius 1 is 1.14 bits per heavy atom. The Hall–Kier alpha value is -1.38. The third kappa shape index (κ3) is 0.983. The smallest absolute Gasteiger partial charge is 0.131 e. The molecule has 14 heavy (non-hydrogen) atoms. The van der Waals surface area contributed by atoms with Gasteiger partial charge < -0.3 is 5.11 Å². The van der Waals surface area contributed by atoms with E-state index >= 15 is 0 Å². The average molecular weight is 185 g/mol. The van der Waals surface area contributed by atoms with Crippen LogP contribution in [0.1, 0.15) is 17.4 Å². The Labute approximate surface area is 82.2 Å². The normalized spacial score (nSPS) is 19.9. The lowest BCUT2D eigenvalue weighted by atomic mass is 9.95. The Balaban J connectivity index is 2.46. The van der Waals surface area contributed by atoms with Crippen molar-refractivity contribution in [3.05, 3.63) is 47.5 Å². The van der Waals surface area contributed by atoms with E-state index in [1.165, 1.54) is 16.3 Å². The zero-order chi connectivity index (χ0) is 9.54. The van der Waals surface area contributed by atoms with Gasteiger partial charge in [0.25, 0.3) is 0 Å². The zero-order valence-corrected chi connectivity index (χ0v) is 7.70. The van der Waals surface area contributed by atoms with Crippen molar-refractivity contribution < 1.29 is 5.11 Å². The van der Waals surface area contributed by atoms with E-state index in [9.17, 15) is 5.11 Å². The summed E-state index contributed by atoms with van der Waals surface area (Å²) in [5.41, 5.74) is 2.26. The van der Waals surface area contributed by atoms with Crippen LogP contribution < -0.4 is 5.32 Å². The molecule has 2 nitrogen and oxygen atoms in total. The molecule has 2 N–H and O–H groups in total. The van der Waals surface area contributed by atoms with Crippen LogP contribution in [0.3, 0.4) is 0 Å². The van der Waals surface area contributed by atoms with Crippen molar-refractivity contribution in [2.45, 2.75) is 12.8 Å². The summed E-state index contributed by atoms with van der Waals surface area (Å²) < 4.78 is 0. The van der Waals surface area contributed by atoms with Crippen LogP contribution in [-0.4, -0.2) is 5.11 Å². The van der Waals surface area contributed by atoms with E-state index in [0.29, 0.717) is 0 Å². The van der Waals surface area contributed by atoms with Gasteiger partial charge in [-0.2, -0.15) is 0 Å². The number of aliphatic hydroxyl groups excluding tert-OH is 1. The first kappa shape index (κ1) is 7.97. The minimum Gasteiger partial charge on any atom is -0.374 e. The fourth-order valence-corrected chi connectivity index (χ4v) is 2.14. The number of nitrogens with one attached hydrogen (secondary N) is 1. The van der Waals surface area contributed by atoms with Crippen molar-refractivity contribution in [3.63, 3.8) is 0 Å². The molecule has 0 bridgehead atoms. The zero-order valence-electron chi connectivity index (χ0n) is 7.70. The molecule has 0 aliphatic carbocycles. The fraction of sp³-hybridized carbons (Fsp3) is 0.167. The quantitative estimate of drug-likeness (QED) is 0.657. The van der Waals surface area contributed by atoms with Crippen molar-refractivity contribution >= 4 is 10.8 Å². The molecule has 0 fully saturated rings. The highest BCUT2D eigenvalue weighted by Gasteiger charge is 2.17. The molecule has 0 saturated heterocycles. The third-order valence-electron chi connectivity index (χ3n) is 2.80. The molecule has 0 saturated carbocycles. The second-order valence-electron chi connectivity index (χ2n) is 3.65. The van der Waals surface area contributed by atoms with E-state index in [2.05, 4.69) is 29.6 Å². The first-order valence-electron chi connectivity index (χ1n) is 4.78. The molecular weight excluding hydrogens is 174 g/mol. The number of rotatable bonds is 0. The Kier molecular flexibility index (Phi) is 1.60. The number of hydrogen-bond acceptors (Lipinski definition) is 2. The van der Waals surface area contributed by atoms with E-state index in [0.717, 1.165) is 12.1 Å². The predicted octanol–water partition coefficient (Wildman–Crippen LogP) is 1.93. The summed E-state index contributed by atoms with van der Waals surface area (Å²) in [5, 5.41) is 15.2. The summed E-state index contributed by atoms with van der Waals surface area (Å²) in [6.45, 7) is 0.746. The monoisotopic (exact) mass is 185 g/mol. The summed E-state index contributed by atoms with van der Waals surface area (Å²) in [6.07, 6.45) is -0.520. The van der Waals surface area contributed by atoms with Gasteiger partial charge in [-0.15, -0.1) is 0 Å². The van der Waals surface area contributed by atoms with E-state index < -0.39 is 6.23 Å². The van der Waals surface area contributed by atoms with Crippen LogP contribution in [0, 0.1) is 0 Å². The molecule has 2 aromatic rings. The van der Waals surface area contributed by atoms with Gasteiger partial charge in [-0.3, -0.25) is 5.32 Å².